The number of aromatic nitrogens is 4. The van der Waals surface area contributed by atoms with Gasteiger partial charge < -0.3 is 4.74 Å². The molecule has 0 atom stereocenters. The molecule has 0 amide bonds. The van der Waals surface area contributed by atoms with Crippen LogP contribution >= 0.6 is 44.3 Å². The molecule has 0 saturated heterocycles. The van der Waals surface area contributed by atoms with Gasteiger partial charge in [0, 0.05) is 0 Å². The number of aryl methyl sites for hydroxylation is 2. The second-order valence-electron chi connectivity index (χ2n) is 5.69. The van der Waals surface area contributed by atoms with Gasteiger partial charge in [0.2, 0.25) is 0 Å². The number of hydrogen-bond acceptors (Lipinski definition) is 5. The fourth-order valence-corrected chi connectivity index (χ4v) is 2.35. The van der Waals surface area contributed by atoms with Crippen LogP contribution in [0.5, 0.6) is 0 Å². The van der Waals surface area contributed by atoms with Crippen molar-refractivity contribution in [2.45, 2.75) is 13.8 Å². The lowest BCUT2D eigenvalue weighted by atomic mass is 10.0. The number of rotatable bonds is 3. The van der Waals surface area contributed by atoms with E-state index >= 15 is 0 Å². The van der Waals surface area contributed by atoms with E-state index in [9.17, 15) is 4.79 Å². The zero-order chi connectivity index (χ0) is 20.9. The monoisotopic (exact) mass is 476 g/mol. The number of ether oxygens (including phenoxy) is 1. The largest absolute Gasteiger partial charge is 0.465 e. The summed E-state index contributed by atoms with van der Waals surface area (Å²) in [6, 6.07) is 13.6. The molecule has 2 aromatic carbocycles. The predicted octanol–water partition coefficient (Wildman–Crippen LogP) is 5.11. The fourth-order valence-electron chi connectivity index (χ4n) is 2.35. The minimum absolute atomic E-state index is 0.397. The molecule has 0 aliphatic rings. The molecule has 3 aromatic rings. The summed E-state index contributed by atoms with van der Waals surface area (Å²) in [5, 5.41) is 8.78. The Balaban J connectivity index is 0.000000500. The zero-order valence-electron chi connectivity index (χ0n) is 15.2. The summed E-state index contributed by atoms with van der Waals surface area (Å²) in [7, 11) is 1.36. The number of benzene rings is 2. The van der Waals surface area contributed by atoms with Crippen LogP contribution in [0.2, 0.25) is 0 Å². The topological polar surface area (TPSA) is 69.9 Å². The van der Waals surface area contributed by atoms with E-state index in [2.05, 4.69) is 15.5 Å². The molecule has 0 radical (unpaired) electrons. The van der Waals surface area contributed by atoms with Crippen molar-refractivity contribution < 1.29 is 9.53 Å². The van der Waals surface area contributed by atoms with Gasteiger partial charge >= 0.3 is 11.3 Å². The highest BCUT2D eigenvalue weighted by molar-refractivity contribution is 7.81. The molecule has 0 aliphatic carbocycles. The summed E-state index contributed by atoms with van der Waals surface area (Å²) in [5.74, 6) is 0.243. The van der Waals surface area contributed by atoms with Gasteiger partial charge in [-0.1, -0.05) is 29.8 Å². The minimum Gasteiger partial charge on any atom is -0.465 e. The van der Waals surface area contributed by atoms with E-state index in [1.54, 1.807) is 23.7 Å². The second-order valence-corrected chi connectivity index (χ2v) is 16.8. The molecule has 0 bridgehead atoms. The molecule has 0 saturated carbocycles. The van der Waals surface area contributed by atoms with Crippen molar-refractivity contribution in [3.63, 3.8) is 0 Å². The van der Waals surface area contributed by atoms with E-state index in [4.69, 9.17) is 49.1 Å². The molecule has 0 N–H and O–H groups in total. The number of nitrogens with zero attached hydrogens (tertiary/aromatic N) is 4. The normalized spacial score (nSPS) is 10.8. The van der Waals surface area contributed by atoms with E-state index in [1.807, 2.05) is 37.3 Å². The number of hydrogen-bond donors (Lipinski definition) is 0. The van der Waals surface area contributed by atoms with Crippen LogP contribution in [0.3, 0.4) is 0 Å². The number of halogens is 4. The number of carbonyl (C=O) groups excluding carboxylic acids is 1. The molecule has 148 valence electrons. The van der Waals surface area contributed by atoms with E-state index in [0.29, 0.717) is 17.1 Å². The highest BCUT2D eigenvalue weighted by Crippen LogP contribution is 2.25. The predicted molar refractivity (Wildman–Crippen MR) is 115 cm³/mol. The van der Waals surface area contributed by atoms with E-state index in [0.717, 1.165) is 11.1 Å². The average molecular weight is 478 g/mol. The molecule has 1 aromatic heterocycles. The Morgan fingerprint density at radius 2 is 1.61 bits per heavy atom. The average Bonchev–Trinajstić information content (AvgIpc) is 3.06. The maximum absolute atomic E-state index is 12.0. The van der Waals surface area contributed by atoms with Crippen molar-refractivity contribution in [2.24, 2.45) is 0 Å². The second kappa shape index (κ2) is 9.71. The van der Waals surface area contributed by atoms with Crippen molar-refractivity contribution in [2.75, 3.05) is 7.11 Å². The van der Waals surface area contributed by atoms with Crippen LogP contribution in [0.15, 0.2) is 42.5 Å². The van der Waals surface area contributed by atoms with Gasteiger partial charge in [0.1, 0.15) is 0 Å². The highest BCUT2D eigenvalue weighted by Gasteiger charge is 2.19. The summed E-state index contributed by atoms with van der Waals surface area (Å²) in [6.45, 7) is 3.83. The zero-order valence-corrected chi connectivity index (χ0v) is 19.2. The molecular formula is C17H16Cl4N4O2Si. The number of carbonyl (C=O) groups is 1. The lowest BCUT2D eigenvalue weighted by Crippen LogP contribution is -2.06. The van der Waals surface area contributed by atoms with Crippen LogP contribution < -0.4 is 0 Å². The number of tetrazole rings is 1. The molecule has 28 heavy (non-hydrogen) atoms. The van der Waals surface area contributed by atoms with Gasteiger partial charge in [-0.2, -0.15) is 4.68 Å². The molecule has 0 spiro atoms. The van der Waals surface area contributed by atoms with Crippen LogP contribution in [0, 0.1) is 13.8 Å². The number of esters is 1. The van der Waals surface area contributed by atoms with Crippen molar-refractivity contribution in [3.8, 4) is 16.8 Å². The minimum atomic E-state index is -2.72. The van der Waals surface area contributed by atoms with Crippen molar-refractivity contribution in [3.05, 3.63) is 59.4 Å². The Kier molecular flexibility index (Phi) is 7.85. The van der Waals surface area contributed by atoms with Gasteiger partial charge in [0.15, 0.2) is 5.82 Å². The molecule has 6 nitrogen and oxygen atoms in total. The summed E-state index contributed by atoms with van der Waals surface area (Å²) >= 11 is 19.9. The SMILES string of the molecule is COC(=O)c1cc(-c2ccc(C)cc2)cc(-n2nnnc2C)c1.Cl[Si](Cl)(Cl)Cl. The Morgan fingerprint density at radius 1 is 1.00 bits per heavy atom. The summed E-state index contributed by atoms with van der Waals surface area (Å²) < 4.78 is 6.44. The quantitative estimate of drug-likeness (QED) is 0.297. The summed E-state index contributed by atoms with van der Waals surface area (Å²) in [6.07, 6.45) is 0. The van der Waals surface area contributed by atoms with Crippen LogP contribution in [-0.4, -0.2) is 38.6 Å². The summed E-state index contributed by atoms with van der Waals surface area (Å²) in [4.78, 5) is 12.0. The highest BCUT2D eigenvalue weighted by atomic mass is 36.0. The maximum Gasteiger partial charge on any atom is 0.440 e. The van der Waals surface area contributed by atoms with E-state index in [-0.39, 0.29) is 0 Å². The van der Waals surface area contributed by atoms with Crippen LogP contribution in [0.4, 0.5) is 0 Å². The molecular weight excluding hydrogens is 462 g/mol. The number of methoxy groups -OCH3 is 1. The Hall–Kier alpha value is -1.64. The first kappa shape index (κ1) is 22.6. The van der Waals surface area contributed by atoms with Crippen molar-refractivity contribution >= 4 is 55.6 Å². The van der Waals surface area contributed by atoms with Crippen LogP contribution in [-0.2, 0) is 4.74 Å². The van der Waals surface area contributed by atoms with Crippen molar-refractivity contribution in [1.82, 2.24) is 20.2 Å². The van der Waals surface area contributed by atoms with Gasteiger partial charge in [-0.3, -0.25) is 0 Å². The third-order valence-corrected chi connectivity index (χ3v) is 3.59. The van der Waals surface area contributed by atoms with Crippen molar-refractivity contribution in [1.29, 1.82) is 0 Å². The Morgan fingerprint density at radius 3 is 2.11 bits per heavy atom. The Labute approximate surface area is 182 Å². The first-order chi connectivity index (χ1) is 13.1. The van der Waals surface area contributed by atoms with Gasteiger partial charge in [-0.15, -0.1) is 49.4 Å². The maximum atomic E-state index is 12.0. The third kappa shape index (κ3) is 6.75. The summed E-state index contributed by atoms with van der Waals surface area (Å²) in [5.41, 5.74) is 4.25. The van der Waals surface area contributed by atoms with Gasteiger partial charge in [0.25, 0.3) is 0 Å². The lowest BCUT2D eigenvalue weighted by Gasteiger charge is -2.10. The molecule has 0 aliphatic heterocycles. The molecule has 1 heterocycles. The smallest absolute Gasteiger partial charge is 0.440 e. The van der Waals surface area contributed by atoms with Crippen LogP contribution in [0.1, 0.15) is 21.7 Å². The standard InChI is InChI=1S/C17H16N4O2.Cl4Si/c1-11-4-6-13(7-5-11)14-8-15(17(22)23-3)10-16(9-14)21-12(2)18-19-20-21;1-5(2,3)4/h4-10H,1-3H3;. The van der Waals surface area contributed by atoms with E-state index < -0.39 is 11.3 Å². The first-order valence-corrected chi connectivity index (χ1v) is 13.9. The molecule has 0 unspecified atom stereocenters. The first-order valence-electron chi connectivity index (χ1n) is 7.90. The lowest BCUT2D eigenvalue weighted by molar-refractivity contribution is 0.0600. The Bertz CT molecular complexity index is 953. The fraction of sp³-hybridized carbons (Fsp3) is 0.176. The molecule has 3 rings (SSSR count). The third-order valence-electron chi connectivity index (χ3n) is 3.59. The van der Waals surface area contributed by atoms with E-state index in [1.165, 1.54) is 12.7 Å². The molecule has 0 fully saturated rings. The van der Waals surface area contributed by atoms with Gasteiger partial charge in [-0.25, -0.2) is 4.79 Å². The molecule has 11 heteroatoms. The van der Waals surface area contributed by atoms with Crippen LogP contribution in [0.25, 0.3) is 16.8 Å². The van der Waals surface area contributed by atoms with Gasteiger partial charge in [-0.05, 0) is 53.6 Å². The van der Waals surface area contributed by atoms with Gasteiger partial charge in [0.05, 0.1) is 18.4 Å².